The van der Waals surface area contributed by atoms with Gasteiger partial charge in [0.05, 0.1) is 0 Å². The highest BCUT2D eigenvalue weighted by atomic mass is 19.3. The second kappa shape index (κ2) is 7.31. The Balaban J connectivity index is 1.63. The third-order valence-corrected chi connectivity index (χ3v) is 4.60. The molecule has 1 aliphatic carbocycles. The molecule has 0 bridgehead atoms. The highest BCUT2D eigenvalue weighted by Gasteiger charge is 2.31. The number of nitrogens with zero attached hydrogens (tertiary/aromatic N) is 2. The van der Waals surface area contributed by atoms with E-state index >= 15 is 0 Å². The molecule has 0 spiro atoms. The standard InChI is InChI=1S/C20H14F5N3O/c21-12-2-1-3-13(22)18(12)20(29)26-11-6-7-16(14(23)8-11)28-17(10-4-5-10)9-15(27-28)19(24)25/h1-3,6-10,19H,4-5H2,(H,26,29). The predicted octanol–water partition coefficient (Wildman–Crippen LogP) is 5.36. The fourth-order valence-corrected chi connectivity index (χ4v) is 3.05. The second-order valence-corrected chi connectivity index (χ2v) is 6.70. The molecule has 1 fully saturated rings. The first-order valence-electron chi connectivity index (χ1n) is 8.78. The van der Waals surface area contributed by atoms with Crippen molar-refractivity contribution >= 4 is 11.6 Å². The van der Waals surface area contributed by atoms with Gasteiger partial charge in [-0.3, -0.25) is 4.79 Å². The van der Waals surface area contributed by atoms with Crippen molar-refractivity contribution in [2.24, 2.45) is 0 Å². The van der Waals surface area contributed by atoms with E-state index in [9.17, 15) is 26.7 Å². The molecular weight excluding hydrogens is 393 g/mol. The molecule has 1 aromatic heterocycles. The maximum atomic E-state index is 14.7. The molecule has 150 valence electrons. The van der Waals surface area contributed by atoms with Crippen LogP contribution in [0.2, 0.25) is 0 Å². The van der Waals surface area contributed by atoms with Crippen LogP contribution in [0.25, 0.3) is 5.69 Å². The smallest absolute Gasteiger partial charge is 0.282 e. The van der Waals surface area contributed by atoms with Gasteiger partial charge in [-0.1, -0.05) is 6.07 Å². The largest absolute Gasteiger partial charge is 0.322 e. The number of carbonyl (C=O) groups is 1. The molecule has 0 aliphatic heterocycles. The maximum absolute atomic E-state index is 14.7. The first-order chi connectivity index (χ1) is 13.8. The minimum absolute atomic E-state index is 0.0396. The lowest BCUT2D eigenvalue weighted by Crippen LogP contribution is -2.16. The Labute approximate surface area is 162 Å². The molecule has 2 aromatic carbocycles. The molecule has 1 heterocycles. The van der Waals surface area contributed by atoms with Crippen LogP contribution in [0.15, 0.2) is 42.5 Å². The molecule has 0 radical (unpaired) electrons. The minimum atomic E-state index is -2.79. The van der Waals surface area contributed by atoms with Crippen LogP contribution < -0.4 is 5.32 Å². The van der Waals surface area contributed by atoms with Gasteiger partial charge in [-0.25, -0.2) is 26.6 Å². The Morgan fingerprint density at radius 2 is 1.72 bits per heavy atom. The fraction of sp³-hybridized carbons (Fsp3) is 0.200. The lowest BCUT2D eigenvalue weighted by molar-refractivity contribution is 0.101. The van der Waals surface area contributed by atoms with Gasteiger partial charge >= 0.3 is 0 Å². The van der Waals surface area contributed by atoms with Gasteiger partial charge in [0.15, 0.2) is 5.82 Å². The normalized spacial score (nSPS) is 13.7. The van der Waals surface area contributed by atoms with Gasteiger partial charge in [0, 0.05) is 17.3 Å². The Morgan fingerprint density at radius 1 is 1.03 bits per heavy atom. The minimum Gasteiger partial charge on any atom is -0.322 e. The summed E-state index contributed by atoms with van der Waals surface area (Å²) in [5.74, 6) is -3.97. The van der Waals surface area contributed by atoms with E-state index in [0.29, 0.717) is 5.69 Å². The van der Waals surface area contributed by atoms with Crippen molar-refractivity contribution in [3.8, 4) is 5.69 Å². The molecule has 1 amide bonds. The number of halogens is 5. The van der Waals surface area contributed by atoms with Gasteiger partial charge < -0.3 is 5.32 Å². The topological polar surface area (TPSA) is 46.9 Å². The van der Waals surface area contributed by atoms with E-state index in [-0.39, 0.29) is 17.3 Å². The first-order valence-corrected chi connectivity index (χ1v) is 8.78. The molecule has 0 saturated heterocycles. The van der Waals surface area contributed by atoms with Crippen molar-refractivity contribution in [3.05, 3.63) is 76.9 Å². The monoisotopic (exact) mass is 407 g/mol. The van der Waals surface area contributed by atoms with Gasteiger partial charge in [0.1, 0.15) is 28.6 Å². The highest BCUT2D eigenvalue weighted by molar-refractivity contribution is 6.04. The van der Waals surface area contributed by atoms with E-state index in [4.69, 9.17) is 0 Å². The lowest BCUT2D eigenvalue weighted by Gasteiger charge is -2.11. The number of amides is 1. The molecule has 29 heavy (non-hydrogen) atoms. The summed E-state index contributed by atoms with van der Waals surface area (Å²) < 4.78 is 69.3. The molecule has 0 atom stereocenters. The summed E-state index contributed by atoms with van der Waals surface area (Å²) in [4.78, 5) is 12.1. The molecular formula is C20H14F5N3O. The molecule has 4 rings (SSSR count). The van der Waals surface area contributed by atoms with Crippen LogP contribution in [0, 0.1) is 17.5 Å². The summed E-state index contributed by atoms with van der Waals surface area (Å²) in [6.07, 6.45) is -1.18. The van der Waals surface area contributed by atoms with Crippen LogP contribution in [0.5, 0.6) is 0 Å². The number of benzene rings is 2. The van der Waals surface area contributed by atoms with Crippen molar-refractivity contribution in [1.29, 1.82) is 0 Å². The Bertz CT molecular complexity index is 1070. The number of anilines is 1. The third-order valence-electron chi connectivity index (χ3n) is 4.60. The number of rotatable bonds is 5. The number of alkyl halides is 2. The molecule has 1 saturated carbocycles. The summed E-state index contributed by atoms with van der Waals surface area (Å²) in [5.41, 5.74) is -0.855. The van der Waals surface area contributed by atoms with Crippen LogP contribution in [0.4, 0.5) is 27.6 Å². The lowest BCUT2D eigenvalue weighted by atomic mass is 10.1. The third kappa shape index (κ3) is 3.72. The van der Waals surface area contributed by atoms with Gasteiger partial charge in [-0.2, -0.15) is 5.10 Å². The highest BCUT2D eigenvalue weighted by Crippen LogP contribution is 2.42. The number of nitrogens with one attached hydrogen (secondary N) is 1. The Morgan fingerprint density at radius 3 is 2.31 bits per heavy atom. The van der Waals surface area contributed by atoms with E-state index in [2.05, 4.69) is 10.4 Å². The van der Waals surface area contributed by atoms with Crippen LogP contribution in [0.3, 0.4) is 0 Å². The van der Waals surface area contributed by atoms with Crippen molar-refractivity contribution in [2.75, 3.05) is 5.32 Å². The zero-order chi connectivity index (χ0) is 20.7. The number of aromatic nitrogens is 2. The van der Waals surface area contributed by atoms with Gasteiger partial charge in [-0.05, 0) is 49.2 Å². The summed E-state index contributed by atoms with van der Waals surface area (Å²) in [6.45, 7) is 0. The molecule has 4 nitrogen and oxygen atoms in total. The molecule has 3 aromatic rings. The summed E-state index contributed by atoms with van der Waals surface area (Å²) >= 11 is 0. The van der Waals surface area contributed by atoms with Crippen LogP contribution >= 0.6 is 0 Å². The number of carbonyl (C=O) groups excluding carboxylic acids is 1. The zero-order valence-corrected chi connectivity index (χ0v) is 14.8. The van der Waals surface area contributed by atoms with Crippen LogP contribution in [0.1, 0.15) is 46.9 Å². The molecule has 1 N–H and O–H groups in total. The molecule has 9 heteroatoms. The van der Waals surface area contributed by atoms with E-state index < -0.39 is 41.0 Å². The van der Waals surface area contributed by atoms with Gasteiger partial charge in [0.25, 0.3) is 12.3 Å². The Hall–Kier alpha value is -3.23. The molecule has 0 unspecified atom stereocenters. The van der Waals surface area contributed by atoms with Gasteiger partial charge in [-0.15, -0.1) is 0 Å². The molecule has 1 aliphatic rings. The van der Waals surface area contributed by atoms with E-state index in [0.717, 1.165) is 41.8 Å². The summed E-state index contributed by atoms with van der Waals surface area (Å²) in [7, 11) is 0. The second-order valence-electron chi connectivity index (χ2n) is 6.70. The SMILES string of the molecule is O=C(Nc1ccc(-n2nc(C(F)F)cc2C2CC2)c(F)c1)c1c(F)cccc1F. The zero-order valence-electron chi connectivity index (χ0n) is 14.8. The van der Waals surface area contributed by atoms with Crippen molar-refractivity contribution in [3.63, 3.8) is 0 Å². The predicted molar refractivity (Wildman–Crippen MR) is 94.8 cm³/mol. The maximum Gasteiger partial charge on any atom is 0.282 e. The quantitative estimate of drug-likeness (QED) is 0.579. The summed E-state index contributed by atoms with van der Waals surface area (Å²) in [6, 6.07) is 7.74. The first kappa shape index (κ1) is 19.1. The van der Waals surface area contributed by atoms with E-state index in [1.54, 1.807) is 0 Å². The Kier molecular flexibility index (Phi) is 4.81. The fourth-order valence-electron chi connectivity index (χ4n) is 3.05. The van der Waals surface area contributed by atoms with Crippen molar-refractivity contribution in [1.82, 2.24) is 9.78 Å². The number of hydrogen-bond donors (Lipinski definition) is 1. The summed E-state index contributed by atoms with van der Waals surface area (Å²) in [5, 5.41) is 6.03. The van der Waals surface area contributed by atoms with Crippen molar-refractivity contribution in [2.45, 2.75) is 25.2 Å². The van der Waals surface area contributed by atoms with Gasteiger partial charge in [0.2, 0.25) is 0 Å². The van der Waals surface area contributed by atoms with Crippen molar-refractivity contribution < 1.29 is 26.7 Å². The van der Waals surface area contributed by atoms with Crippen LogP contribution in [-0.4, -0.2) is 15.7 Å². The number of hydrogen-bond acceptors (Lipinski definition) is 2. The van der Waals surface area contributed by atoms with E-state index in [1.807, 2.05) is 0 Å². The average Bonchev–Trinajstić information content (AvgIpc) is 3.40. The van der Waals surface area contributed by atoms with E-state index in [1.165, 1.54) is 18.2 Å². The van der Waals surface area contributed by atoms with Crippen LogP contribution in [-0.2, 0) is 0 Å². The average molecular weight is 407 g/mol.